The summed E-state index contributed by atoms with van der Waals surface area (Å²) in [6.07, 6.45) is 1.80. The Bertz CT molecular complexity index is 503. The van der Waals surface area contributed by atoms with Crippen molar-refractivity contribution in [1.82, 2.24) is 9.66 Å². The van der Waals surface area contributed by atoms with Crippen molar-refractivity contribution in [2.45, 2.75) is 13.8 Å². The van der Waals surface area contributed by atoms with Crippen molar-refractivity contribution in [3.63, 3.8) is 0 Å². The Morgan fingerprint density at radius 3 is 2.60 bits per heavy atom. The largest absolute Gasteiger partial charge is 0.338 e. The fourth-order valence-corrected chi connectivity index (χ4v) is 1.82. The van der Waals surface area contributed by atoms with Crippen molar-refractivity contribution < 1.29 is 0 Å². The lowest BCUT2D eigenvalue weighted by atomic mass is 10.1. The third kappa shape index (κ3) is 1.83. The quantitative estimate of drug-likeness (QED) is 0.753. The minimum absolute atomic E-state index is 0.725. The van der Waals surface area contributed by atoms with E-state index in [1.165, 1.54) is 4.68 Å². The van der Waals surface area contributed by atoms with Gasteiger partial charge in [0.25, 0.3) is 0 Å². The third-order valence-corrected chi connectivity index (χ3v) is 2.52. The highest BCUT2D eigenvalue weighted by Gasteiger charge is 2.08. The van der Waals surface area contributed by atoms with Gasteiger partial charge >= 0.3 is 0 Å². The Balaban J connectivity index is 2.59. The molecule has 0 fully saturated rings. The van der Waals surface area contributed by atoms with Gasteiger partial charge in [-0.15, -0.1) is 0 Å². The molecule has 0 aliphatic rings. The van der Waals surface area contributed by atoms with E-state index in [-0.39, 0.29) is 0 Å². The molecule has 15 heavy (non-hydrogen) atoms. The SMILES string of the molecule is Cc1cn(N)c(-c2ccc(Cl)cc2C)n1. The van der Waals surface area contributed by atoms with Gasteiger partial charge in [0, 0.05) is 16.8 Å². The van der Waals surface area contributed by atoms with Gasteiger partial charge in [-0.25, -0.2) is 4.98 Å². The molecule has 0 radical (unpaired) electrons. The highest BCUT2D eigenvalue weighted by Crippen LogP contribution is 2.24. The molecule has 0 saturated carbocycles. The molecular formula is C11H12ClN3. The standard InChI is InChI=1S/C11H12ClN3/c1-7-5-9(12)3-4-10(7)11-14-8(2)6-15(11)13/h3-6H,13H2,1-2H3. The molecule has 3 nitrogen and oxygen atoms in total. The van der Waals surface area contributed by atoms with Crippen LogP contribution < -0.4 is 5.84 Å². The van der Waals surface area contributed by atoms with Gasteiger partial charge < -0.3 is 5.84 Å². The maximum Gasteiger partial charge on any atom is 0.158 e. The normalized spacial score (nSPS) is 10.6. The summed E-state index contributed by atoms with van der Waals surface area (Å²) in [5, 5.41) is 0.725. The lowest BCUT2D eigenvalue weighted by Crippen LogP contribution is -2.08. The molecule has 4 heteroatoms. The molecule has 0 spiro atoms. The molecule has 2 N–H and O–H groups in total. The Morgan fingerprint density at radius 1 is 1.33 bits per heavy atom. The molecule has 0 unspecified atom stereocenters. The number of aromatic nitrogens is 2. The first-order valence-electron chi connectivity index (χ1n) is 4.65. The summed E-state index contributed by atoms with van der Waals surface area (Å²) < 4.78 is 1.53. The number of hydrogen-bond donors (Lipinski definition) is 1. The minimum Gasteiger partial charge on any atom is -0.338 e. The van der Waals surface area contributed by atoms with E-state index in [1.807, 2.05) is 32.0 Å². The van der Waals surface area contributed by atoms with Crippen LogP contribution in [0.3, 0.4) is 0 Å². The second-order valence-corrected chi connectivity index (χ2v) is 4.01. The van der Waals surface area contributed by atoms with E-state index >= 15 is 0 Å². The summed E-state index contributed by atoms with van der Waals surface area (Å²) in [7, 11) is 0. The van der Waals surface area contributed by atoms with E-state index in [1.54, 1.807) is 6.20 Å². The number of nitrogen functional groups attached to an aromatic ring is 1. The van der Waals surface area contributed by atoms with Crippen LogP contribution in [0.2, 0.25) is 5.02 Å². The molecule has 0 aliphatic carbocycles. The fraction of sp³-hybridized carbons (Fsp3) is 0.182. The predicted octanol–water partition coefficient (Wildman–Crippen LogP) is 2.53. The molecule has 2 aromatic rings. The van der Waals surface area contributed by atoms with Crippen LogP contribution in [0, 0.1) is 13.8 Å². The summed E-state index contributed by atoms with van der Waals surface area (Å²) in [4.78, 5) is 4.37. The maximum absolute atomic E-state index is 5.89. The van der Waals surface area contributed by atoms with Crippen LogP contribution in [0.4, 0.5) is 0 Å². The molecule has 0 saturated heterocycles. The van der Waals surface area contributed by atoms with Gasteiger partial charge in [-0.05, 0) is 37.6 Å². The predicted molar refractivity (Wildman–Crippen MR) is 62.3 cm³/mol. The molecular weight excluding hydrogens is 210 g/mol. The Kier molecular flexibility index (Phi) is 2.40. The monoisotopic (exact) mass is 221 g/mol. The first-order valence-corrected chi connectivity index (χ1v) is 5.03. The average Bonchev–Trinajstić information content (AvgIpc) is 2.45. The number of aryl methyl sites for hydroxylation is 2. The van der Waals surface area contributed by atoms with Gasteiger partial charge in [0.2, 0.25) is 0 Å². The first-order chi connectivity index (χ1) is 7.08. The zero-order valence-corrected chi connectivity index (χ0v) is 9.42. The zero-order valence-electron chi connectivity index (χ0n) is 8.66. The number of hydrogen-bond acceptors (Lipinski definition) is 2. The summed E-state index contributed by atoms with van der Waals surface area (Å²) >= 11 is 5.89. The van der Waals surface area contributed by atoms with Crippen LogP contribution >= 0.6 is 11.6 Å². The van der Waals surface area contributed by atoms with Crippen LogP contribution in [0.5, 0.6) is 0 Å². The molecule has 1 aromatic carbocycles. The second-order valence-electron chi connectivity index (χ2n) is 3.57. The van der Waals surface area contributed by atoms with Crippen molar-refractivity contribution in [1.29, 1.82) is 0 Å². The van der Waals surface area contributed by atoms with Crippen LogP contribution in [0.15, 0.2) is 24.4 Å². The zero-order chi connectivity index (χ0) is 11.0. The first kappa shape index (κ1) is 10.1. The van der Waals surface area contributed by atoms with Crippen molar-refractivity contribution in [3.05, 3.63) is 40.7 Å². The lowest BCUT2D eigenvalue weighted by Gasteiger charge is -2.05. The second kappa shape index (κ2) is 3.59. The molecule has 1 aromatic heterocycles. The summed E-state index contributed by atoms with van der Waals surface area (Å²) in [6.45, 7) is 3.91. The Morgan fingerprint density at radius 2 is 2.07 bits per heavy atom. The van der Waals surface area contributed by atoms with Crippen molar-refractivity contribution in [2.24, 2.45) is 0 Å². The highest BCUT2D eigenvalue weighted by molar-refractivity contribution is 6.30. The van der Waals surface area contributed by atoms with E-state index in [9.17, 15) is 0 Å². The molecule has 0 amide bonds. The maximum atomic E-state index is 5.89. The Labute approximate surface area is 93.5 Å². The van der Waals surface area contributed by atoms with Crippen LogP contribution in [0.25, 0.3) is 11.4 Å². The van der Waals surface area contributed by atoms with E-state index in [4.69, 9.17) is 17.4 Å². The van der Waals surface area contributed by atoms with Crippen molar-refractivity contribution in [3.8, 4) is 11.4 Å². The Hall–Kier alpha value is -1.48. The summed E-state index contributed by atoms with van der Waals surface area (Å²) in [5.41, 5.74) is 2.98. The van der Waals surface area contributed by atoms with Gasteiger partial charge in [-0.2, -0.15) is 0 Å². The number of halogens is 1. The molecule has 0 aliphatic heterocycles. The van der Waals surface area contributed by atoms with E-state index in [2.05, 4.69) is 4.98 Å². The van der Waals surface area contributed by atoms with Gasteiger partial charge in [0.1, 0.15) is 0 Å². The average molecular weight is 222 g/mol. The smallest absolute Gasteiger partial charge is 0.158 e. The van der Waals surface area contributed by atoms with E-state index in [0.717, 1.165) is 27.7 Å². The number of imidazole rings is 1. The van der Waals surface area contributed by atoms with Gasteiger partial charge in [0.15, 0.2) is 5.82 Å². The highest BCUT2D eigenvalue weighted by atomic mass is 35.5. The number of nitrogens with zero attached hydrogens (tertiary/aromatic N) is 2. The lowest BCUT2D eigenvalue weighted by molar-refractivity contribution is 1.01. The van der Waals surface area contributed by atoms with Crippen LogP contribution in [-0.2, 0) is 0 Å². The summed E-state index contributed by atoms with van der Waals surface area (Å²) in [6, 6.07) is 5.68. The molecule has 0 bridgehead atoms. The van der Waals surface area contributed by atoms with E-state index in [0.29, 0.717) is 0 Å². The molecule has 2 rings (SSSR count). The number of nitrogens with two attached hydrogens (primary N) is 1. The van der Waals surface area contributed by atoms with Crippen molar-refractivity contribution >= 4 is 11.6 Å². The third-order valence-electron chi connectivity index (χ3n) is 2.28. The molecule has 0 atom stereocenters. The van der Waals surface area contributed by atoms with Crippen LogP contribution in [0.1, 0.15) is 11.3 Å². The number of rotatable bonds is 1. The summed E-state index contributed by atoms with van der Waals surface area (Å²) in [5.74, 6) is 6.57. The number of benzene rings is 1. The minimum atomic E-state index is 0.725. The van der Waals surface area contributed by atoms with E-state index < -0.39 is 0 Å². The molecule has 1 heterocycles. The van der Waals surface area contributed by atoms with Gasteiger partial charge in [0.05, 0.1) is 5.69 Å². The van der Waals surface area contributed by atoms with Gasteiger partial charge in [-0.3, -0.25) is 4.68 Å². The topological polar surface area (TPSA) is 43.8 Å². The fourth-order valence-electron chi connectivity index (χ4n) is 1.59. The molecule has 78 valence electrons. The van der Waals surface area contributed by atoms with Crippen LogP contribution in [-0.4, -0.2) is 9.66 Å². The van der Waals surface area contributed by atoms with Gasteiger partial charge in [-0.1, -0.05) is 11.6 Å². The van der Waals surface area contributed by atoms with Crippen molar-refractivity contribution in [2.75, 3.05) is 5.84 Å².